The van der Waals surface area contributed by atoms with E-state index in [-0.39, 0.29) is 11.7 Å². The summed E-state index contributed by atoms with van der Waals surface area (Å²) in [6, 6.07) is 5.98. The molecule has 1 aliphatic carbocycles. The van der Waals surface area contributed by atoms with Crippen LogP contribution in [0.1, 0.15) is 31.2 Å². The summed E-state index contributed by atoms with van der Waals surface area (Å²) in [4.78, 5) is 11.5. The summed E-state index contributed by atoms with van der Waals surface area (Å²) >= 11 is 7.66. The Morgan fingerprint density at radius 1 is 1.50 bits per heavy atom. The Kier molecular flexibility index (Phi) is 4.63. The van der Waals surface area contributed by atoms with Crippen LogP contribution in [0.15, 0.2) is 23.4 Å². The molecule has 1 aromatic carbocycles. The molecule has 8 heteroatoms. The lowest BCUT2D eigenvalue weighted by molar-refractivity contribution is -0.118. The number of carbonyl (C=O) groups excluding carboxylic acids is 1. The van der Waals surface area contributed by atoms with E-state index in [4.69, 9.17) is 11.6 Å². The van der Waals surface area contributed by atoms with E-state index in [0.29, 0.717) is 22.6 Å². The van der Waals surface area contributed by atoms with Crippen LogP contribution >= 0.6 is 23.4 Å². The van der Waals surface area contributed by atoms with Gasteiger partial charge in [0.15, 0.2) is 0 Å². The lowest BCUT2D eigenvalue weighted by Crippen LogP contribution is -2.24. The van der Waals surface area contributed by atoms with E-state index in [0.717, 1.165) is 5.69 Å². The third kappa shape index (κ3) is 3.41. The summed E-state index contributed by atoms with van der Waals surface area (Å²) in [5.74, 6) is 0.871. The number of hydrogen-bond acceptors (Lipinski definition) is 5. The van der Waals surface area contributed by atoms with Crippen molar-refractivity contribution >= 4 is 29.3 Å². The van der Waals surface area contributed by atoms with Gasteiger partial charge in [0.25, 0.3) is 0 Å². The highest BCUT2D eigenvalue weighted by Crippen LogP contribution is 2.41. The van der Waals surface area contributed by atoms with Gasteiger partial charge in [0.1, 0.15) is 0 Å². The molecule has 1 aliphatic rings. The first-order valence-corrected chi connectivity index (χ1v) is 8.53. The SMILES string of the molecule is CCNC(=O)CSc1nnnn1-c1ccc(C2CC2)cc1Cl. The average molecular weight is 338 g/mol. The van der Waals surface area contributed by atoms with Gasteiger partial charge in [-0.05, 0) is 53.8 Å². The molecule has 0 unspecified atom stereocenters. The van der Waals surface area contributed by atoms with E-state index < -0.39 is 0 Å². The van der Waals surface area contributed by atoms with Crippen molar-refractivity contribution in [2.24, 2.45) is 0 Å². The first kappa shape index (κ1) is 15.3. The molecule has 0 spiro atoms. The number of hydrogen-bond donors (Lipinski definition) is 1. The molecule has 2 aromatic rings. The standard InChI is InChI=1S/C14H16ClN5OS/c1-2-16-13(21)8-22-14-17-18-19-20(14)12-6-5-10(7-11(12)15)9-3-4-9/h5-7,9H,2-4,8H2,1H3,(H,16,21). The Hall–Kier alpha value is -1.60. The maximum absolute atomic E-state index is 11.5. The van der Waals surface area contributed by atoms with Crippen LogP contribution < -0.4 is 5.32 Å². The van der Waals surface area contributed by atoms with Crippen LogP contribution in [0.3, 0.4) is 0 Å². The summed E-state index contributed by atoms with van der Waals surface area (Å²) in [5, 5.41) is 15.5. The molecule has 1 aromatic heterocycles. The van der Waals surface area contributed by atoms with Crippen molar-refractivity contribution in [2.75, 3.05) is 12.3 Å². The summed E-state index contributed by atoms with van der Waals surface area (Å²) in [6.07, 6.45) is 2.46. The summed E-state index contributed by atoms with van der Waals surface area (Å²) in [7, 11) is 0. The van der Waals surface area contributed by atoms with Crippen molar-refractivity contribution in [3.8, 4) is 5.69 Å². The van der Waals surface area contributed by atoms with Crippen molar-refractivity contribution in [2.45, 2.75) is 30.8 Å². The Morgan fingerprint density at radius 2 is 2.32 bits per heavy atom. The lowest BCUT2D eigenvalue weighted by atomic mass is 10.1. The maximum atomic E-state index is 11.5. The van der Waals surface area contributed by atoms with Crippen molar-refractivity contribution in [3.05, 3.63) is 28.8 Å². The molecule has 0 saturated heterocycles. The minimum atomic E-state index is -0.0442. The van der Waals surface area contributed by atoms with Crippen LogP contribution in [0.5, 0.6) is 0 Å². The molecule has 6 nitrogen and oxygen atoms in total. The largest absolute Gasteiger partial charge is 0.356 e. The zero-order valence-corrected chi connectivity index (χ0v) is 13.7. The van der Waals surface area contributed by atoms with Crippen molar-refractivity contribution in [3.63, 3.8) is 0 Å². The number of halogens is 1. The average Bonchev–Trinajstić information content (AvgIpc) is 3.25. The minimum Gasteiger partial charge on any atom is -0.356 e. The number of amides is 1. The predicted octanol–water partition coefficient (Wildman–Crippen LogP) is 2.42. The molecule has 0 atom stereocenters. The Bertz CT molecular complexity index is 686. The molecule has 0 radical (unpaired) electrons. The second-order valence-electron chi connectivity index (χ2n) is 5.10. The number of aromatic nitrogens is 4. The first-order valence-electron chi connectivity index (χ1n) is 7.16. The molecule has 1 fully saturated rings. The molecule has 3 rings (SSSR count). The van der Waals surface area contributed by atoms with Gasteiger partial charge in [0, 0.05) is 6.54 Å². The van der Waals surface area contributed by atoms with Crippen LogP contribution in [0.25, 0.3) is 5.69 Å². The number of nitrogens with one attached hydrogen (secondary N) is 1. The van der Waals surface area contributed by atoms with E-state index in [1.165, 1.54) is 30.2 Å². The van der Waals surface area contributed by atoms with Crippen LogP contribution in [0, 0.1) is 0 Å². The highest BCUT2D eigenvalue weighted by molar-refractivity contribution is 7.99. The summed E-state index contributed by atoms with van der Waals surface area (Å²) in [6.45, 7) is 2.49. The van der Waals surface area contributed by atoms with E-state index in [2.05, 4.69) is 26.9 Å². The third-order valence-corrected chi connectivity index (χ3v) is 4.62. The van der Waals surface area contributed by atoms with E-state index in [1.807, 2.05) is 19.1 Å². The summed E-state index contributed by atoms with van der Waals surface area (Å²) in [5.41, 5.74) is 1.99. The van der Waals surface area contributed by atoms with Gasteiger partial charge < -0.3 is 5.32 Å². The highest BCUT2D eigenvalue weighted by atomic mass is 35.5. The number of rotatable bonds is 6. The third-order valence-electron chi connectivity index (χ3n) is 3.40. The van der Waals surface area contributed by atoms with E-state index in [9.17, 15) is 4.79 Å². The highest BCUT2D eigenvalue weighted by Gasteiger charge is 2.24. The molecule has 0 bridgehead atoms. The zero-order valence-electron chi connectivity index (χ0n) is 12.1. The fraction of sp³-hybridized carbons (Fsp3) is 0.429. The number of tetrazole rings is 1. The van der Waals surface area contributed by atoms with Crippen LogP contribution in [-0.2, 0) is 4.79 Å². The van der Waals surface area contributed by atoms with Gasteiger partial charge in [-0.15, -0.1) is 5.10 Å². The van der Waals surface area contributed by atoms with Crippen molar-refractivity contribution in [1.29, 1.82) is 0 Å². The van der Waals surface area contributed by atoms with Gasteiger partial charge in [-0.1, -0.05) is 29.4 Å². The second kappa shape index (κ2) is 6.66. The van der Waals surface area contributed by atoms with Gasteiger partial charge in [0.05, 0.1) is 16.5 Å². The first-order chi connectivity index (χ1) is 10.7. The molecule has 116 valence electrons. The molecule has 1 saturated carbocycles. The molecular formula is C14H16ClN5OS. The fourth-order valence-electron chi connectivity index (χ4n) is 2.16. The maximum Gasteiger partial charge on any atom is 0.230 e. The Morgan fingerprint density at radius 3 is 3.00 bits per heavy atom. The van der Waals surface area contributed by atoms with Gasteiger partial charge in [-0.2, -0.15) is 4.68 Å². The smallest absolute Gasteiger partial charge is 0.230 e. The van der Waals surface area contributed by atoms with Crippen molar-refractivity contribution < 1.29 is 4.79 Å². The molecule has 1 amide bonds. The van der Waals surface area contributed by atoms with Crippen LogP contribution in [0.4, 0.5) is 0 Å². The zero-order chi connectivity index (χ0) is 15.5. The van der Waals surface area contributed by atoms with Gasteiger partial charge in [-0.3, -0.25) is 4.79 Å². The molecule has 1 N–H and O–H groups in total. The van der Waals surface area contributed by atoms with Crippen LogP contribution in [-0.4, -0.2) is 38.4 Å². The van der Waals surface area contributed by atoms with E-state index in [1.54, 1.807) is 4.68 Å². The number of benzene rings is 1. The monoisotopic (exact) mass is 337 g/mol. The van der Waals surface area contributed by atoms with Crippen LogP contribution in [0.2, 0.25) is 5.02 Å². The summed E-state index contributed by atoms with van der Waals surface area (Å²) < 4.78 is 1.57. The minimum absolute atomic E-state index is 0.0442. The van der Waals surface area contributed by atoms with Gasteiger partial charge >= 0.3 is 0 Å². The lowest BCUT2D eigenvalue weighted by Gasteiger charge is -2.08. The fourth-order valence-corrected chi connectivity index (χ4v) is 3.15. The Balaban J connectivity index is 1.77. The predicted molar refractivity (Wildman–Crippen MR) is 85.5 cm³/mol. The number of thioether (sulfide) groups is 1. The quantitative estimate of drug-likeness (QED) is 0.819. The molecule has 22 heavy (non-hydrogen) atoms. The van der Waals surface area contributed by atoms with Crippen molar-refractivity contribution in [1.82, 2.24) is 25.5 Å². The molecule has 1 heterocycles. The normalized spacial score (nSPS) is 14.1. The van der Waals surface area contributed by atoms with Gasteiger partial charge in [-0.25, -0.2) is 0 Å². The van der Waals surface area contributed by atoms with E-state index >= 15 is 0 Å². The Labute approximate surface area is 137 Å². The second-order valence-corrected chi connectivity index (χ2v) is 6.45. The van der Waals surface area contributed by atoms with Gasteiger partial charge in [0.2, 0.25) is 11.1 Å². The molecular weight excluding hydrogens is 322 g/mol. The molecule has 0 aliphatic heterocycles. The topological polar surface area (TPSA) is 72.7 Å². The number of carbonyl (C=O) groups is 1. The number of nitrogens with zero attached hydrogens (tertiary/aromatic N) is 4.